The maximum absolute atomic E-state index is 12.0. The Morgan fingerprint density at radius 1 is 1.27 bits per heavy atom. The van der Waals surface area contributed by atoms with Crippen molar-refractivity contribution >= 4 is 34.7 Å². The monoisotopic (exact) mass is 466 g/mol. The number of carbonyl (C=O) groups is 1. The number of furan rings is 1. The summed E-state index contributed by atoms with van der Waals surface area (Å²) >= 11 is 1.42. The SMILES string of the molecule is CC(C)C(=O)NCCn1c(Sc2cc3c(cc2-c2ccco2)OCO3)nc2c(N)ncnc21. The van der Waals surface area contributed by atoms with Gasteiger partial charge in [-0.2, -0.15) is 0 Å². The molecular weight excluding hydrogens is 444 g/mol. The highest BCUT2D eigenvalue weighted by molar-refractivity contribution is 7.99. The molecule has 4 heterocycles. The quantitative estimate of drug-likeness (QED) is 0.421. The van der Waals surface area contributed by atoms with E-state index in [-0.39, 0.29) is 18.6 Å². The first-order chi connectivity index (χ1) is 16.0. The first kappa shape index (κ1) is 21.1. The zero-order valence-corrected chi connectivity index (χ0v) is 18.9. The number of carbonyl (C=O) groups excluding carboxylic acids is 1. The van der Waals surface area contributed by atoms with Crippen molar-refractivity contribution in [3.05, 3.63) is 36.9 Å². The lowest BCUT2D eigenvalue weighted by Gasteiger charge is -2.12. The van der Waals surface area contributed by atoms with Crippen LogP contribution < -0.4 is 20.5 Å². The van der Waals surface area contributed by atoms with Crippen LogP contribution in [0.5, 0.6) is 11.5 Å². The second-order valence-corrected chi connectivity index (χ2v) is 8.71. The third-order valence-corrected chi connectivity index (χ3v) is 6.20. The van der Waals surface area contributed by atoms with Crippen LogP contribution >= 0.6 is 11.8 Å². The van der Waals surface area contributed by atoms with Crippen molar-refractivity contribution < 1.29 is 18.7 Å². The van der Waals surface area contributed by atoms with Crippen molar-refractivity contribution in [1.82, 2.24) is 24.8 Å². The second-order valence-electron chi connectivity index (χ2n) is 7.70. The number of hydrogen-bond donors (Lipinski definition) is 2. The fourth-order valence-electron chi connectivity index (χ4n) is 3.44. The summed E-state index contributed by atoms with van der Waals surface area (Å²) in [5, 5.41) is 3.59. The van der Waals surface area contributed by atoms with Gasteiger partial charge in [0, 0.05) is 29.5 Å². The molecular formula is C22H22N6O4S. The molecule has 0 saturated heterocycles. The molecule has 3 aromatic heterocycles. The summed E-state index contributed by atoms with van der Waals surface area (Å²) in [5.74, 6) is 2.19. The van der Waals surface area contributed by atoms with Crippen LogP contribution in [0, 0.1) is 5.92 Å². The smallest absolute Gasteiger partial charge is 0.231 e. The number of hydrogen-bond acceptors (Lipinski definition) is 9. The van der Waals surface area contributed by atoms with Gasteiger partial charge in [-0.1, -0.05) is 25.6 Å². The Hall–Kier alpha value is -3.73. The Bertz CT molecular complexity index is 1320. The molecule has 1 aromatic carbocycles. The number of ether oxygens (including phenoxy) is 2. The number of amides is 1. The van der Waals surface area contributed by atoms with Gasteiger partial charge < -0.3 is 29.5 Å². The summed E-state index contributed by atoms with van der Waals surface area (Å²) in [6.07, 6.45) is 3.03. The molecule has 1 aliphatic rings. The highest BCUT2D eigenvalue weighted by Gasteiger charge is 2.23. The van der Waals surface area contributed by atoms with Crippen molar-refractivity contribution in [2.75, 3.05) is 19.1 Å². The predicted molar refractivity (Wildman–Crippen MR) is 122 cm³/mol. The molecule has 0 bridgehead atoms. The first-order valence-electron chi connectivity index (χ1n) is 10.4. The summed E-state index contributed by atoms with van der Waals surface area (Å²) in [4.78, 5) is 26.1. The Kier molecular flexibility index (Phi) is 5.55. The summed E-state index contributed by atoms with van der Waals surface area (Å²) < 4.78 is 18.7. The predicted octanol–water partition coefficient (Wildman–Crippen LogP) is 3.32. The van der Waals surface area contributed by atoms with Gasteiger partial charge in [0.15, 0.2) is 33.6 Å². The van der Waals surface area contributed by atoms with E-state index in [4.69, 9.17) is 24.6 Å². The molecule has 0 aliphatic carbocycles. The Balaban J connectivity index is 1.54. The summed E-state index contributed by atoms with van der Waals surface area (Å²) in [5.41, 5.74) is 8.03. The van der Waals surface area contributed by atoms with Gasteiger partial charge in [0.05, 0.1) is 6.26 Å². The fraction of sp³-hybridized carbons (Fsp3) is 0.273. The van der Waals surface area contributed by atoms with E-state index in [0.717, 1.165) is 10.5 Å². The van der Waals surface area contributed by atoms with Crippen molar-refractivity contribution in [2.24, 2.45) is 5.92 Å². The maximum atomic E-state index is 12.0. The molecule has 170 valence electrons. The van der Waals surface area contributed by atoms with E-state index >= 15 is 0 Å². The third-order valence-electron chi connectivity index (χ3n) is 5.15. The Morgan fingerprint density at radius 2 is 2.09 bits per heavy atom. The van der Waals surface area contributed by atoms with Gasteiger partial charge in [-0.3, -0.25) is 4.79 Å². The van der Waals surface area contributed by atoms with Crippen LogP contribution in [0.15, 0.2) is 51.3 Å². The van der Waals surface area contributed by atoms with E-state index in [1.54, 1.807) is 6.26 Å². The molecule has 5 rings (SSSR count). The van der Waals surface area contributed by atoms with Crippen LogP contribution in [0.2, 0.25) is 0 Å². The standard InChI is InChI=1S/C22H22N6O4S/c1-12(2)21(29)24-5-6-28-20-18(19(23)25-10-26-20)27-22(28)33-17-9-16-15(31-11-32-16)8-13(17)14-4-3-7-30-14/h3-4,7-10,12H,5-6,11H2,1-2H3,(H,24,29)(H2,23,25,26). The van der Waals surface area contributed by atoms with Crippen LogP contribution in [-0.2, 0) is 11.3 Å². The van der Waals surface area contributed by atoms with Crippen LogP contribution in [-0.4, -0.2) is 38.8 Å². The van der Waals surface area contributed by atoms with Crippen LogP contribution in [0.1, 0.15) is 13.8 Å². The maximum Gasteiger partial charge on any atom is 0.231 e. The molecule has 1 aliphatic heterocycles. The Morgan fingerprint density at radius 3 is 2.85 bits per heavy atom. The molecule has 4 aromatic rings. The third kappa shape index (κ3) is 4.07. The van der Waals surface area contributed by atoms with Gasteiger partial charge in [0.2, 0.25) is 12.7 Å². The summed E-state index contributed by atoms with van der Waals surface area (Å²) in [7, 11) is 0. The van der Waals surface area contributed by atoms with Gasteiger partial charge in [-0.25, -0.2) is 15.0 Å². The van der Waals surface area contributed by atoms with E-state index in [1.807, 2.05) is 42.7 Å². The van der Waals surface area contributed by atoms with Crippen LogP contribution in [0.3, 0.4) is 0 Å². The zero-order valence-electron chi connectivity index (χ0n) is 18.1. The normalized spacial score (nSPS) is 12.6. The molecule has 0 atom stereocenters. The number of aromatic nitrogens is 4. The topological polar surface area (TPSA) is 130 Å². The van der Waals surface area contributed by atoms with Crippen molar-refractivity contribution in [3.8, 4) is 22.8 Å². The molecule has 11 heteroatoms. The number of fused-ring (bicyclic) bond motifs is 2. The van der Waals surface area contributed by atoms with E-state index in [2.05, 4.69) is 15.3 Å². The lowest BCUT2D eigenvalue weighted by atomic mass is 10.1. The minimum Gasteiger partial charge on any atom is -0.464 e. The van der Waals surface area contributed by atoms with Gasteiger partial charge in [-0.15, -0.1) is 0 Å². The highest BCUT2D eigenvalue weighted by atomic mass is 32.2. The van der Waals surface area contributed by atoms with Crippen molar-refractivity contribution in [1.29, 1.82) is 0 Å². The van der Waals surface area contributed by atoms with Gasteiger partial charge in [-0.05, 0) is 24.3 Å². The lowest BCUT2D eigenvalue weighted by Crippen LogP contribution is -2.30. The van der Waals surface area contributed by atoms with Crippen molar-refractivity contribution in [3.63, 3.8) is 0 Å². The van der Waals surface area contributed by atoms with Crippen molar-refractivity contribution in [2.45, 2.75) is 30.4 Å². The molecule has 0 fully saturated rings. The summed E-state index contributed by atoms with van der Waals surface area (Å²) in [6.45, 7) is 4.77. The minimum atomic E-state index is -0.0965. The van der Waals surface area contributed by atoms with Crippen LogP contribution in [0.25, 0.3) is 22.5 Å². The number of anilines is 1. The zero-order chi connectivity index (χ0) is 22.9. The van der Waals surface area contributed by atoms with Crippen LogP contribution in [0.4, 0.5) is 5.82 Å². The van der Waals surface area contributed by atoms with E-state index in [1.165, 1.54) is 18.1 Å². The molecule has 0 spiro atoms. The molecule has 33 heavy (non-hydrogen) atoms. The van der Waals surface area contributed by atoms with Gasteiger partial charge >= 0.3 is 0 Å². The molecule has 1 amide bonds. The number of benzene rings is 1. The number of nitrogens with zero attached hydrogens (tertiary/aromatic N) is 4. The molecule has 10 nitrogen and oxygen atoms in total. The van der Waals surface area contributed by atoms with E-state index in [0.29, 0.717) is 52.5 Å². The number of imidazole rings is 1. The second kappa shape index (κ2) is 8.66. The largest absolute Gasteiger partial charge is 0.464 e. The summed E-state index contributed by atoms with van der Waals surface area (Å²) in [6, 6.07) is 7.52. The first-order valence-corrected chi connectivity index (χ1v) is 11.2. The molecule has 3 N–H and O–H groups in total. The Labute approximate surface area is 193 Å². The number of nitrogens with two attached hydrogens (primary N) is 1. The molecule has 0 saturated carbocycles. The van der Waals surface area contributed by atoms with E-state index < -0.39 is 0 Å². The fourth-order valence-corrected chi connectivity index (χ4v) is 4.50. The number of nitrogen functional groups attached to an aromatic ring is 1. The lowest BCUT2D eigenvalue weighted by molar-refractivity contribution is -0.124. The minimum absolute atomic E-state index is 0.0151. The van der Waals surface area contributed by atoms with Gasteiger partial charge in [0.25, 0.3) is 0 Å². The molecule has 0 unspecified atom stereocenters. The molecule has 0 radical (unpaired) electrons. The average Bonchev–Trinajstić information content (AvgIpc) is 3.54. The van der Waals surface area contributed by atoms with E-state index in [9.17, 15) is 4.79 Å². The van der Waals surface area contributed by atoms with Gasteiger partial charge in [0.1, 0.15) is 12.1 Å². The number of nitrogens with one attached hydrogen (secondary N) is 1. The highest BCUT2D eigenvalue weighted by Crippen LogP contribution is 2.45. The average molecular weight is 467 g/mol. The number of rotatable bonds is 7.